The minimum atomic E-state index is -3.87. The Bertz CT molecular complexity index is 670. The Kier molecular flexibility index (Phi) is 6.93. The summed E-state index contributed by atoms with van der Waals surface area (Å²) in [4.78, 5) is 0.108. The van der Waals surface area contributed by atoms with E-state index in [2.05, 4.69) is 8.34 Å². The fourth-order valence-electron chi connectivity index (χ4n) is 2.20. The zero-order valence-corrected chi connectivity index (χ0v) is 15.6. The Morgan fingerprint density at radius 1 is 1.35 bits per heavy atom. The van der Waals surface area contributed by atoms with Gasteiger partial charge in [0.05, 0.1) is 0 Å². The van der Waals surface area contributed by atoms with Crippen LogP contribution in [0, 0.1) is 6.92 Å². The number of hydrogen-bond acceptors (Lipinski definition) is 6. The van der Waals surface area contributed by atoms with E-state index in [-0.39, 0.29) is 30.8 Å². The van der Waals surface area contributed by atoms with Crippen LogP contribution in [0.2, 0.25) is 0 Å². The van der Waals surface area contributed by atoms with Crippen LogP contribution in [0.5, 0.6) is 0 Å². The van der Waals surface area contributed by atoms with E-state index < -0.39 is 15.7 Å². The zero-order chi connectivity index (χ0) is 16.9. The molecule has 0 aliphatic carbocycles. The van der Waals surface area contributed by atoms with Gasteiger partial charge in [0.25, 0.3) is 0 Å². The monoisotopic (exact) mass is 377 g/mol. The maximum atomic E-state index is 12.3. The van der Waals surface area contributed by atoms with E-state index in [0.29, 0.717) is 14.5 Å². The van der Waals surface area contributed by atoms with Gasteiger partial charge in [-0.3, -0.25) is 0 Å². The van der Waals surface area contributed by atoms with E-state index in [9.17, 15) is 8.42 Å². The molecule has 0 saturated carbocycles. The molecule has 1 aliphatic rings. The average Bonchev–Trinajstić information content (AvgIpc) is 2.52. The van der Waals surface area contributed by atoms with Gasteiger partial charge in [-0.2, -0.15) is 0 Å². The summed E-state index contributed by atoms with van der Waals surface area (Å²) in [5, 5.41) is 0. The SMILES string of the molecule is Cc1ccc(S(=O)(=O)OCC2(CO[P+]#P)COCC(C)O2)cc1. The molecule has 0 amide bonds. The number of aryl methyl sites for hydroxylation is 1. The summed E-state index contributed by atoms with van der Waals surface area (Å²) in [5.41, 5.74) is 0.00461. The summed E-state index contributed by atoms with van der Waals surface area (Å²) < 4.78 is 46.4. The molecule has 6 nitrogen and oxygen atoms in total. The third-order valence-electron chi connectivity index (χ3n) is 3.34. The second-order valence-corrected chi connectivity index (χ2v) is 8.04. The molecule has 0 aromatic heterocycles. The molecule has 2 unspecified atom stereocenters. The van der Waals surface area contributed by atoms with Crippen molar-refractivity contribution < 1.29 is 26.6 Å². The van der Waals surface area contributed by atoms with Crippen LogP contribution < -0.4 is 0 Å². The van der Waals surface area contributed by atoms with E-state index in [4.69, 9.17) is 18.2 Å². The van der Waals surface area contributed by atoms with Gasteiger partial charge < -0.3 is 0 Å². The summed E-state index contributed by atoms with van der Waals surface area (Å²) >= 11 is 0. The van der Waals surface area contributed by atoms with Crippen molar-refractivity contribution in [3.63, 3.8) is 0 Å². The van der Waals surface area contributed by atoms with Gasteiger partial charge in [0.15, 0.2) is 0 Å². The molecular weight excluding hydrogens is 358 g/mol. The predicted octanol–water partition coefficient (Wildman–Crippen LogP) is 3.08. The fraction of sp³-hybridized carbons (Fsp3) is 0.571. The third-order valence-corrected chi connectivity index (χ3v) is 5.21. The molecule has 0 radical (unpaired) electrons. The first-order valence-electron chi connectivity index (χ1n) is 7.05. The second kappa shape index (κ2) is 8.30. The molecule has 0 N–H and O–H groups in total. The van der Waals surface area contributed by atoms with Gasteiger partial charge in [-0.15, -0.1) is 0 Å². The predicted molar refractivity (Wildman–Crippen MR) is 88.2 cm³/mol. The molecule has 9 heteroatoms. The van der Waals surface area contributed by atoms with Crippen LogP contribution in [0.1, 0.15) is 12.5 Å². The Labute approximate surface area is 140 Å². The summed E-state index contributed by atoms with van der Waals surface area (Å²) in [7, 11) is 0.523. The Balaban J connectivity index is 2.11. The van der Waals surface area contributed by atoms with Crippen molar-refractivity contribution in [1.82, 2.24) is 0 Å². The van der Waals surface area contributed by atoms with Crippen LogP contribution in [0.25, 0.3) is 0 Å². The summed E-state index contributed by atoms with van der Waals surface area (Å²) in [6.45, 7) is 4.33. The van der Waals surface area contributed by atoms with Crippen molar-refractivity contribution >= 4 is 26.4 Å². The molecule has 2 atom stereocenters. The molecule has 0 spiro atoms. The van der Waals surface area contributed by atoms with Crippen LogP contribution in [-0.2, 0) is 28.3 Å². The normalized spacial score (nSPS) is 25.2. The molecule has 0 bridgehead atoms. The maximum absolute atomic E-state index is 12.3. The first-order chi connectivity index (χ1) is 10.9. The summed E-state index contributed by atoms with van der Waals surface area (Å²) in [6, 6.07) is 6.47. The van der Waals surface area contributed by atoms with Gasteiger partial charge in [-0.05, 0) is 0 Å². The van der Waals surface area contributed by atoms with Crippen LogP contribution in [-0.4, -0.2) is 46.6 Å². The second-order valence-electron chi connectivity index (χ2n) is 5.51. The van der Waals surface area contributed by atoms with Crippen LogP contribution in [0.4, 0.5) is 0 Å². The Hall–Kier alpha value is -0.130. The number of benzene rings is 1. The van der Waals surface area contributed by atoms with Crippen molar-refractivity contribution in [2.75, 3.05) is 26.4 Å². The molecular formula is C14H19O6P2S+. The zero-order valence-electron chi connectivity index (χ0n) is 13.0. The van der Waals surface area contributed by atoms with E-state index in [1.807, 2.05) is 13.8 Å². The molecule has 1 heterocycles. The molecule has 1 fully saturated rings. The van der Waals surface area contributed by atoms with Crippen molar-refractivity contribution in [3.05, 3.63) is 29.8 Å². The molecule has 126 valence electrons. The van der Waals surface area contributed by atoms with E-state index in [1.54, 1.807) is 12.1 Å². The summed E-state index contributed by atoms with van der Waals surface area (Å²) in [6.07, 6.45) is -0.172. The number of rotatable bonds is 6. The van der Waals surface area contributed by atoms with Crippen molar-refractivity contribution in [2.45, 2.75) is 30.4 Å². The number of ether oxygens (including phenoxy) is 2. The Morgan fingerprint density at radius 2 is 2.04 bits per heavy atom. The molecule has 1 saturated heterocycles. The Morgan fingerprint density at radius 3 is 2.65 bits per heavy atom. The molecule has 23 heavy (non-hydrogen) atoms. The molecule has 1 aromatic rings. The van der Waals surface area contributed by atoms with Gasteiger partial charge in [0.1, 0.15) is 0 Å². The van der Waals surface area contributed by atoms with Crippen LogP contribution >= 0.6 is 16.3 Å². The average molecular weight is 377 g/mol. The fourth-order valence-corrected chi connectivity index (χ4v) is 3.64. The van der Waals surface area contributed by atoms with Gasteiger partial charge in [0.2, 0.25) is 0 Å². The minimum absolute atomic E-state index is 0.108. The van der Waals surface area contributed by atoms with E-state index in [0.717, 1.165) is 5.56 Å². The molecule has 2 rings (SSSR count). The van der Waals surface area contributed by atoms with Gasteiger partial charge in [-0.1, -0.05) is 0 Å². The molecule has 1 aromatic carbocycles. The van der Waals surface area contributed by atoms with Crippen molar-refractivity contribution in [1.29, 1.82) is 0 Å². The first kappa shape index (κ1) is 19.2. The summed E-state index contributed by atoms with van der Waals surface area (Å²) in [5.74, 6) is 0. The van der Waals surface area contributed by atoms with Crippen molar-refractivity contribution in [2.24, 2.45) is 0 Å². The van der Waals surface area contributed by atoms with Crippen molar-refractivity contribution in [3.8, 4) is 0 Å². The first-order valence-corrected chi connectivity index (χ1v) is 10.4. The van der Waals surface area contributed by atoms with Crippen LogP contribution in [0.3, 0.4) is 0 Å². The third kappa shape index (κ3) is 5.43. The van der Waals surface area contributed by atoms with Gasteiger partial charge in [-0.25, -0.2) is 0 Å². The van der Waals surface area contributed by atoms with E-state index >= 15 is 0 Å². The van der Waals surface area contributed by atoms with Gasteiger partial charge in [0, 0.05) is 0 Å². The molecule has 1 aliphatic heterocycles. The topological polar surface area (TPSA) is 71.1 Å². The van der Waals surface area contributed by atoms with Gasteiger partial charge >= 0.3 is 140 Å². The quantitative estimate of drug-likeness (QED) is 0.561. The van der Waals surface area contributed by atoms with E-state index in [1.165, 1.54) is 12.1 Å². The standard InChI is InChI=1S/C14H19O6P2S/c1-11-3-5-13(6-4-11)23(15,16)19-10-14(9-18-22-21)8-17-7-12(2)20-14/h3-6,12H,7-10H2,1-2H3/q+1. The number of hydrogen-bond donors (Lipinski definition) is 0. The van der Waals surface area contributed by atoms with Crippen LogP contribution in [0.15, 0.2) is 29.2 Å².